The van der Waals surface area contributed by atoms with Crippen LogP contribution in [0.3, 0.4) is 0 Å². The second-order valence-corrected chi connectivity index (χ2v) is 8.20. The highest BCUT2D eigenvalue weighted by molar-refractivity contribution is 7.12. The summed E-state index contributed by atoms with van der Waals surface area (Å²) in [6.45, 7) is 3.59. The topological polar surface area (TPSA) is 100 Å². The first-order valence-corrected chi connectivity index (χ1v) is 11.2. The van der Waals surface area contributed by atoms with Crippen LogP contribution >= 0.6 is 11.3 Å². The number of carbonyl (C=O) groups excluding carboxylic acids is 3. The largest absolute Gasteiger partial charge is 0.454 e. The van der Waals surface area contributed by atoms with Crippen LogP contribution in [0.25, 0.3) is 10.9 Å². The third-order valence-electron chi connectivity index (χ3n) is 5.13. The molecule has 0 saturated heterocycles. The Labute approximate surface area is 185 Å². The number of amides is 2. The van der Waals surface area contributed by atoms with Gasteiger partial charge in [0.15, 0.2) is 6.61 Å². The van der Waals surface area contributed by atoms with Crippen LogP contribution in [-0.4, -0.2) is 41.5 Å². The fraction of sp³-hybridized carbons (Fsp3) is 0.348. The van der Waals surface area contributed by atoms with Crippen LogP contribution in [0, 0.1) is 0 Å². The molecule has 3 rings (SSSR count). The summed E-state index contributed by atoms with van der Waals surface area (Å²) in [5, 5.41) is 8.36. The molecule has 0 bridgehead atoms. The van der Waals surface area contributed by atoms with E-state index in [9.17, 15) is 14.4 Å². The van der Waals surface area contributed by atoms with Gasteiger partial charge in [-0.1, -0.05) is 38.1 Å². The van der Waals surface area contributed by atoms with E-state index in [2.05, 4.69) is 15.6 Å². The van der Waals surface area contributed by atoms with Gasteiger partial charge in [0, 0.05) is 29.6 Å². The number of rotatable bonds is 10. The maximum atomic E-state index is 12.8. The van der Waals surface area contributed by atoms with Crippen LogP contribution in [-0.2, 0) is 20.7 Å². The molecule has 0 radical (unpaired) electrons. The van der Waals surface area contributed by atoms with Crippen molar-refractivity contribution in [2.24, 2.45) is 0 Å². The van der Waals surface area contributed by atoms with Gasteiger partial charge in [-0.3, -0.25) is 9.59 Å². The lowest BCUT2D eigenvalue weighted by Crippen LogP contribution is -2.44. The fourth-order valence-electron chi connectivity index (χ4n) is 3.35. The zero-order valence-corrected chi connectivity index (χ0v) is 18.5. The molecule has 0 spiro atoms. The van der Waals surface area contributed by atoms with E-state index in [0.29, 0.717) is 4.88 Å². The van der Waals surface area contributed by atoms with Gasteiger partial charge in [-0.05, 0) is 35.9 Å². The van der Waals surface area contributed by atoms with Crippen LogP contribution in [0.1, 0.15) is 41.9 Å². The molecule has 2 aromatic heterocycles. The van der Waals surface area contributed by atoms with Gasteiger partial charge < -0.3 is 20.4 Å². The van der Waals surface area contributed by atoms with E-state index in [1.54, 1.807) is 17.5 Å². The van der Waals surface area contributed by atoms with Crippen molar-refractivity contribution in [2.45, 2.75) is 45.2 Å². The number of nitrogens with one attached hydrogen (secondary N) is 3. The maximum Gasteiger partial charge on any atom is 0.329 e. The molecule has 31 heavy (non-hydrogen) atoms. The maximum absolute atomic E-state index is 12.8. The number of benzene rings is 1. The van der Waals surface area contributed by atoms with E-state index in [-0.39, 0.29) is 30.9 Å². The predicted octanol–water partition coefficient (Wildman–Crippen LogP) is 3.42. The van der Waals surface area contributed by atoms with Crippen molar-refractivity contribution in [1.29, 1.82) is 0 Å². The Morgan fingerprint density at radius 2 is 1.84 bits per heavy atom. The van der Waals surface area contributed by atoms with Gasteiger partial charge in [-0.15, -0.1) is 11.3 Å². The van der Waals surface area contributed by atoms with Crippen molar-refractivity contribution in [2.75, 3.05) is 6.61 Å². The quantitative estimate of drug-likeness (QED) is 0.420. The second kappa shape index (κ2) is 10.8. The number of thiophene rings is 1. The number of para-hydroxylation sites is 1. The minimum Gasteiger partial charge on any atom is -0.454 e. The summed E-state index contributed by atoms with van der Waals surface area (Å²) >= 11 is 1.29. The number of hydrogen-bond donors (Lipinski definition) is 3. The number of fused-ring (bicyclic) bond motifs is 1. The zero-order valence-electron chi connectivity index (χ0n) is 17.6. The van der Waals surface area contributed by atoms with E-state index >= 15 is 0 Å². The second-order valence-electron chi connectivity index (χ2n) is 7.26. The Morgan fingerprint density at radius 3 is 2.55 bits per heavy atom. The summed E-state index contributed by atoms with van der Waals surface area (Å²) in [7, 11) is 0. The molecule has 1 atom stereocenters. The minimum atomic E-state index is -0.922. The highest BCUT2D eigenvalue weighted by atomic mass is 32.1. The summed E-state index contributed by atoms with van der Waals surface area (Å²) in [6.07, 6.45) is 3.67. The molecule has 0 aliphatic carbocycles. The molecule has 1 aromatic carbocycles. The molecule has 2 amide bonds. The molecule has 0 aliphatic heterocycles. The van der Waals surface area contributed by atoms with Gasteiger partial charge in [0.1, 0.15) is 6.04 Å². The Hall–Kier alpha value is -3.13. The Bertz CT molecular complexity index is 1020. The van der Waals surface area contributed by atoms with E-state index in [1.807, 2.05) is 44.3 Å². The summed E-state index contributed by atoms with van der Waals surface area (Å²) in [6, 6.07) is 10.3. The lowest BCUT2D eigenvalue weighted by Gasteiger charge is -2.18. The van der Waals surface area contributed by atoms with Crippen molar-refractivity contribution >= 4 is 40.0 Å². The van der Waals surface area contributed by atoms with E-state index in [1.165, 1.54) is 11.3 Å². The van der Waals surface area contributed by atoms with Crippen molar-refractivity contribution in [3.05, 3.63) is 58.4 Å². The monoisotopic (exact) mass is 441 g/mol. The molecule has 2 heterocycles. The third-order valence-corrected chi connectivity index (χ3v) is 6.00. The molecule has 164 valence electrons. The number of H-pyrrole nitrogens is 1. The van der Waals surface area contributed by atoms with Gasteiger partial charge in [0.25, 0.3) is 11.8 Å². The molecule has 3 N–H and O–H groups in total. The molecule has 3 aromatic rings. The van der Waals surface area contributed by atoms with Crippen molar-refractivity contribution in [3.63, 3.8) is 0 Å². The molecule has 0 unspecified atom stereocenters. The predicted molar refractivity (Wildman–Crippen MR) is 121 cm³/mol. The number of aromatic nitrogens is 1. The molecular formula is C23H27N3O4S. The Morgan fingerprint density at radius 1 is 1.06 bits per heavy atom. The van der Waals surface area contributed by atoms with Gasteiger partial charge in [0.2, 0.25) is 0 Å². The smallest absolute Gasteiger partial charge is 0.329 e. The Balaban J connectivity index is 1.71. The Kier molecular flexibility index (Phi) is 7.83. The van der Waals surface area contributed by atoms with Crippen LogP contribution in [0.5, 0.6) is 0 Å². The molecule has 7 nitrogen and oxygen atoms in total. The number of ether oxygens (including phenoxy) is 1. The van der Waals surface area contributed by atoms with Crippen LogP contribution in [0.2, 0.25) is 0 Å². The van der Waals surface area contributed by atoms with Gasteiger partial charge in [0.05, 0.1) is 4.88 Å². The molecule has 0 fully saturated rings. The van der Waals surface area contributed by atoms with Gasteiger partial charge >= 0.3 is 5.97 Å². The number of carbonyl (C=O) groups is 3. The lowest BCUT2D eigenvalue weighted by molar-refractivity contribution is -0.150. The van der Waals surface area contributed by atoms with Crippen molar-refractivity contribution < 1.29 is 19.1 Å². The van der Waals surface area contributed by atoms with Crippen LogP contribution in [0.4, 0.5) is 0 Å². The first-order valence-electron chi connectivity index (χ1n) is 10.4. The SMILES string of the molecule is CCC(CC)NC(=O)COC(=O)[C@H](Cc1c[nH]c2ccccc12)NC(=O)c1cccs1. The van der Waals surface area contributed by atoms with Crippen molar-refractivity contribution in [1.82, 2.24) is 15.6 Å². The van der Waals surface area contributed by atoms with Crippen LogP contribution < -0.4 is 10.6 Å². The first kappa shape index (κ1) is 22.6. The van der Waals surface area contributed by atoms with E-state index < -0.39 is 12.0 Å². The van der Waals surface area contributed by atoms with Gasteiger partial charge in [-0.25, -0.2) is 4.79 Å². The average Bonchev–Trinajstić information content (AvgIpc) is 3.46. The van der Waals surface area contributed by atoms with Crippen molar-refractivity contribution in [3.8, 4) is 0 Å². The zero-order chi connectivity index (χ0) is 22.2. The molecule has 8 heteroatoms. The first-order chi connectivity index (χ1) is 15.0. The normalized spacial score (nSPS) is 12.0. The molecule has 0 saturated carbocycles. The van der Waals surface area contributed by atoms with Crippen LogP contribution in [0.15, 0.2) is 48.0 Å². The summed E-state index contributed by atoms with van der Waals surface area (Å²) in [5.74, 6) is -1.34. The standard InChI is InChI=1S/C23H27N3O4S/c1-3-16(4-2)25-21(27)14-30-23(29)19(26-22(28)20-10-7-11-31-20)12-15-13-24-18-9-6-5-8-17(15)18/h5-11,13,16,19,24H,3-4,12,14H2,1-2H3,(H,25,27)(H,26,28)/t19-/m0/s1. The van der Waals surface area contributed by atoms with E-state index in [0.717, 1.165) is 29.3 Å². The number of aromatic amines is 1. The third kappa shape index (κ3) is 5.95. The fourth-order valence-corrected chi connectivity index (χ4v) is 3.98. The highest BCUT2D eigenvalue weighted by Gasteiger charge is 2.26. The lowest BCUT2D eigenvalue weighted by atomic mass is 10.0. The molecule has 0 aliphatic rings. The van der Waals surface area contributed by atoms with E-state index in [4.69, 9.17) is 4.74 Å². The molecular weight excluding hydrogens is 414 g/mol. The number of hydrogen-bond acceptors (Lipinski definition) is 5. The summed E-state index contributed by atoms with van der Waals surface area (Å²) in [4.78, 5) is 41.2. The summed E-state index contributed by atoms with van der Waals surface area (Å²) in [5.41, 5.74) is 1.82. The van der Waals surface area contributed by atoms with Gasteiger partial charge in [-0.2, -0.15) is 0 Å². The minimum absolute atomic E-state index is 0.0479. The highest BCUT2D eigenvalue weighted by Crippen LogP contribution is 2.20. The summed E-state index contributed by atoms with van der Waals surface area (Å²) < 4.78 is 5.26. The average molecular weight is 442 g/mol. The number of esters is 1.